The second kappa shape index (κ2) is 9.13. The number of pyridine rings is 1. The zero-order valence-electron chi connectivity index (χ0n) is 16.7. The molecular weight excluding hydrogens is 442 g/mol. The molecule has 2 heterocycles. The van der Waals surface area contributed by atoms with Crippen molar-refractivity contribution in [2.75, 3.05) is 13.2 Å². The molecule has 2 aromatic heterocycles. The third-order valence-corrected chi connectivity index (χ3v) is 5.38. The largest absolute Gasteiger partial charge is 0.493 e. The lowest BCUT2D eigenvalue weighted by molar-refractivity contribution is 0.247. The molecule has 0 amide bonds. The van der Waals surface area contributed by atoms with Crippen molar-refractivity contribution >= 4 is 32.9 Å². The van der Waals surface area contributed by atoms with E-state index in [4.69, 9.17) is 9.47 Å². The molecule has 5 nitrogen and oxygen atoms in total. The van der Waals surface area contributed by atoms with Crippen molar-refractivity contribution in [1.82, 2.24) is 14.8 Å². The summed E-state index contributed by atoms with van der Waals surface area (Å²) in [5.41, 5.74) is 3.77. The molecule has 6 heteroatoms. The van der Waals surface area contributed by atoms with Gasteiger partial charge in [-0.3, -0.25) is 9.67 Å². The van der Waals surface area contributed by atoms with E-state index in [1.54, 1.807) is 6.08 Å². The average Bonchev–Trinajstić information content (AvgIpc) is 3.07. The predicted molar refractivity (Wildman–Crippen MR) is 124 cm³/mol. The van der Waals surface area contributed by atoms with Gasteiger partial charge in [-0.05, 0) is 40.2 Å². The van der Waals surface area contributed by atoms with Gasteiger partial charge in [-0.25, -0.2) is 0 Å². The molecule has 2 aromatic carbocycles. The normalized spacial score (nSPS) is 10.9. The molecule has 0 fully saturated rings. The average molecular weight is 464 g/mol. The number of para-hydroxylation sites is 2. The van der Waals surface area contributed by atoms with E-state index in [2.05, 4.69) is 32.6 Å². The molecule has 152 valence electrons. The van der Waals surface area contributed by atoms with Gasteiger partial charge in [0.1, 0.15) is 16.1 Å². The molecular formula is C24H22BrN3O2. The van der Waals surface area contributed by atoms with Crippen LogP contribution in [-0.4, -0.2) is 28.0 Å². The van der Waals surface area contributed by atoms with E-state index in [9.17, 15) is 0 Å². The summed E-state index contributed by atoms with van der Waals surface area (Å²) in [5, 5.41) is 5.42. The van der Waals surface area contributed by atoms with E-state index < -0.39 is 0 Å². The Bertz CT molecular complexity index is 1190. The quantitative estimate of drug-likeness (QED) is 0.305. The van der Waals surface area contributed by atoms with Crippen LogP contribution >= 0.6 is 15.9 Å². The smallest absolute Gasteiger partial charge is 0.136 e. The van der Waals surface area contributed by atoms with Gasteiger partial charge in [0.2, 0.25) is 0 Å². The number of nitrogens with zero attached hydrogens (tertiary/aromatic N) is 3. The van der Waals surface area contributed by atoms with Crippen molar-refractivity contribution < 1.29 is 9.47 Å². The first-order valence-corrected chi connectivity index (χ1v) is 10.5. The van der Waals surface area contributed by atoms with E-state index in [-0.39, 0.29) is 0 Å². The number of ether oxygens (including phenoxy) is 2. The molecule has 0 saturated carbocycles. The minimum Gasteiger partial charge on any atom is -0.493 e. The molecule has 0 N–H and O–H groups in total. The van der Waals surface area contributed by atoms with Crippen molar-refractivity contribution in [2.45, 2.75) is 6.42 Å². The van der Waals surface area contributed by atoms with Gasteiger partial charge in [-0.2, -0.15) is 5.10 Å². The van der Waals surface area contributed by atoms with Gasteiger partial charge in [0.05, 0.1) is 30.6 Å². The maximum atomic E-state index is 6.06. The Morgan fingerprint density at radius 2 is 1.73 bits per heavy atom. The molecule has 0 aliphatic carbocycles. The highest BCUT2D eigenvalue weighted by Crippen LogP contribution is 2.32. The lowest BCUT2D eigenvalue weighted by Crippen LogP contribution is -2.06. The highest BCUT2D eigenvalue weighted by molar-refractivity contribution is 9.10. The number of rotatable bonds is 8. The van der Waals surface area contributed by atoms with Crippen molar-refractivity contribution in [1.29, 1.82) is 0 Å². The van der Waals surface area contributed by atoms with Crippen LogP contribution < -0.4 is 9.47 Å². The van der Waals surface area contributed by atoms with Crippen LogP contribution in [0.3, 0.4) is 0 Å². The molecule has 0 unspecified atom stereocenters. The monoisotopic (exact) mass is 463 g/mol. The van der Waals surface area contributed by atoms with Gasteiger partial charge in [0, 0.05) is 30.0 Å². The summed E-state index contributed by atoms with van der Waals surface area (Å²) in [6, 6.07) is 17.8. The summed E-state index contributed by atoms with van der Waals surface area (Å²) in [4.78, 5) is 4.62. The van der Waals surface area contributed by atoms with Gasteiger partial charge in [0.15, 0.2) is 0 Å². The minimum absolute atomic E-state index is 0.548. The van der Waals surface area contributed by atoms with Crippen LogP contribution in [-0.2, 0) is 7.05 Å². The van der Waals surface area contributed by atoms with Gasteiger partial charge < -0.3 is 9.47 Å². The maximum absolute atomic E-state index is 6.06. The Morgan fingerprint density at radius 1 is 1.03 bits per heavy atom. The number of hydrogen-bond acceptors (Lipinski definition) is 4. The SMILES string of the molecule is C=Cc1ccccc1OCCCOc1ccccc1-c1cc2c(Br)nn(C)c2cn1. The topological polar surface area (TPSA) is 49.2 Å². The molecule has 30 heavy (non-hydrogen) atoms. The van der Waals surface area contributed by atoms with Crippen LogP contribution in [0.5, 0.6) is 11.5 Å². The lowest BCUT2D eigenvalue weighted by Gasteiger charge is -2.12. The summed E-state index contributed by atoms with van der Waals surface area (Å²) in [6.07, 6.45) is 4.40. The van der Waals surface area contributed by atoms with Crippen LogP contribution in [0, 0.1) is 0 Å². The van der Waals surface area contributed by atoms with E-state index >= 15 is 0 Å². The number of hydrogen-bond donors (Lipinski definition) is 0. The third kappa shape index (κ3) is 4.24. The first-order chi connectivity index (χ1) is 14.7. The standard InChI is InChI=1S/C24H22BrN3O2/c1-3-17-9-4-6-11-22(17)29-13-8-14-30-23-12-7-5-10-18(23)20-15-19-21(16-26-20)28(2)27-24(19)25/h3-7,9-12,15-16H,1,8,13-14H2,2H3. The minimum atomic E-state index is 0.548. The number of benzene rings is 2. The Hall–Kier alpha value is -3.12. The molecule has 4 aromatic rings. The van der Waals surface area contributed by atoms with Crippen LogP contribution in [0.2, 0.25) is 0 Å². The molecule has 0 aliphatic heterocycles. The van der Waals surface area contributed by atoms with Crippen molar-refractivity contribution in [2.24, 2.45) is 7.05 Å². The molecule has 0 radical (unpaired) electrons. The van der Waals surface area contributed by atoms with Crippen molar-refractivity contribution in [3.8, 4) is 22.8 Å². The first kappa shape index (κ1) is 20.2. The first-order valence-electron chi connectivity index (χ1n) is 9.72. The van der Waals surface area contributed by atoms with Crippen LogP contribution in [0.25, 0.3) is 28.2 Å². The van der Waals surface area contributed by atoms with Crippen LogP contribution in [0.15, 0.2) is 72.0 Å². The van der Waals surface area contributed by atoms with E-state index in [0.717, 1.165) is 50.2 Å². The summed E-state index contributed by atoms with van der Waals surface area (Å²) in [5.74, 6) is 1.64. The fourth-order valence-corrected chi connectivity index (χ4v) is 3.82. The number of fused-ring (bicyclic) bond motifs is 1. The summed E-state index contributed by atoms with van der Waals surface area (Å²) in [6.45, 7) is 4.94. The van der Waals surface area contributed by atoms with E-state index in [1.165, 1.54) is 0 Å². The maximum Gasteiger partial charge on any atom is 0.136 e. The molecule has 0 atom stereocenters. The van der Waals surface area contributed by atoms with Crippen molar-refractivity contribution in [3.05, 3.63) is 77.5 Å². The van der Waals surface area contributed by atoms with Gasteiger partial charge in [-0.1, -0.05) is 43.0 Å². The third-order valence-electron chi connectivity index (χ3n) is 4.80. The molecule has 0 saturated heterocycles. The van der Waals surface area contributed by atoms with Gasteiger partial charge >= 0.3 is 0 Å². The zero-order valence-corrected chi connectivity index (χ0v) is 18.3. The summed E-state index contributed by atoms with van der Waals surface area (Å²) >= 11 is 3.52. The second-order valence-corrected chi connectivity index (χ2v) is 7.54. The highest BCUT2D eigenvalue weighted by atomic mass is 79.9. The molecule has 4 rings (SSSR count). The number of aryl methyl sites for hydroxylation is 1. The summed E-state index contributed by atoms with van der Waals surface area (Å²) < 4.78 is 14.5. The molecule has 0 aliphatic rings. The summed E-state index contributed by atoms with van der Waals surface area (Å²) in [7, 11) is 1.90. The number of halogens is 1. The fourth-order valence-electron chi connectivity index (χ4n) is 3.27. The second-order valence-electron chi connectivity index (χ2n) is 6.79. The van der Waals surface area contributed by atoms with Crippen LogP contribution in [0.1, 0.15) is 12.0 Å². The van der Waals surface area contributed by atoms with Gasteiger partial charge in [0.25, 0.3) is 0 Å². The van der Waals surface area contributed by atoms with Gasteiger partial charge in [-0.15, -0.1) is 0 Å². The molecule has 0 spiro atoms. The van der Waals surface area contributed by atoms with E-state index in [0.29, 0.717) is 13.2 Å². The zero-order chi connectivity index (χ0) is 20.9. The Morgan fingerprint density at radius 3 is 2.53 bits per heavy atom. The lowest BCUT2D eigenvalue weighted by atomic mass is 10.1. The Kier molecular flexibility index (Phi) is 6.14. The predicted octanol–water partition coefficient (Wildman–Crippen LogP) is 5.89. The Balaban J connectivity index is 1.43. The van der Waals surface area contributed by atoms with Crippen LogP contribution in [0.4, 0.5) is 0 Å². The van der Waals surface area contributed by atoms with Crippen molar-refractivity contribution in [3.63, 3.8) is 0 Å². The molecule has 0 bridgehead atoms. The number of aromatic nitrogens is 3. The highest BCUT2D eigenvalue weighted by Gasteiger charge is 2.12. The fraction of sp³-hybridized carbons (Fsp3) is 0.167. The van der Waals surface area contributed by atoms with E-state index in [1.807, 2.05) is 72.5 Å². The Labute approximate surface area is 184 Å².